The maximum Gasteiger partial charge on any atom is 0.200 e. The van der Waals surface area contributed by atoms with Gasteiger partial charge in [-0.1, -0.05) is 6.07 Å². The Morgan fingerprint density at radius 3 is 2.46 bits per heavy atom. The average molecular weight is 187 g/mol. The molecule has 1 aromatic carbocycles. The van der Waals surface area contributed by atoms with E-state index in [-0.39, 0.29) is 11.6 Å². The summed E-state index contributed by atoms with van der Waals surface area (Å²) in [6.07, 6.45) is 0. The highest BCUT2D eigenvalue weighted by atomic mass is 19.2. The molecule has 2 nitrogen and oxygen atoms in total. The average Bonchev–Trinajstić information content (AvgIpc) is 2.13. The molecule has 0 aromatic heterocycles. The Bertz CT molecular complexity index is 315. The third-order valence-corrected chi connectivity index (χ3v) is 1.99. The van der Waals surface area contributed by atoms with Gasteiger partial charge >= 0.3 is 0 Å². The molecule has 4 heteroatoms. The molecule has 0 saturated heterocycles. The Morgan fingerprint density at radius 1 is 1.31 bits per heavy atom. The molecule has 1 atom stereocenters. The summed E-state index contributed by atoms with van der Waals surface area (Å²) in [7, 11) is 1.65. The maximum atomic E-state index is 13.1. The van der Waals surface area contributed by atoms with Crippen LogP contribution in [0.1, 0.15) is 18.5 Å². The van der Waals surface area contributed by atoms with Crippen LogP contribution in [0.4, 0.5) is 8.78 Å². The van der Waals surface area contributed by atoms with E-state index in [9.17, 15) is 8.78 Å². The molecule has 72 valence electrons. The van der Waals surface area contributed by atoms with Crippen LogP contribution in [0.2, 0.25) is 0 Å². The van der Waals surface area contributed by atoms with Crippen molar-refractivity contribution in [3.8, 4) is 5.75 Å². The molecular formula is C9H11F2NO. The molecule has 0 fully saturated rings. The summed E-state index contributed by atoms with van der Waals surface area (Å²) in [6, 6.07) is 2.21. The Kier molecular flexibility index (Phi) is 2.83. The van der Waals surface area contributed by atoms with Gasteiger partial charge in [0.1, 0.15) is 0 Å². The Balaban J connectivity index is 3.18. The predicted octanol–water partition coefficient (Wildman–Crippen LogP) is 1.95. The fourth-order valence-corrected chi connectivity index (χ4v) is 1.04. The van der Waals surface area contributed by atoms with E-state index in [1.54, 1.807) is 14.0 Å². The van der Waals surface area contributed by atoms with E-state index in [0.29, 0.717) is 0 Å². The van der Waals surface area contributed by atoms with Crippen molar-refractivity contribution in [3.63, 3.8) is 0 Å². The first-order valence-corrected chi connectivity index (χ1v) is 3.92. The van der Waals surface area contributed by atoms with Crippen LogP contribution >= 0.6 is 0 Å². The second-order valence-electron chi connectivity index (χ2n) is 2.81. The van der Waals surface area contributed by atoms with Crippen molar-refractivity contribution in [3.05, 3.63) is 29.3 Å². The van der Waals surface area contributed by atoms with Gasteiger partial charge in [-0.25, -0.2) is 4.39 Å². The zero-order valence-corrected chi connectivity index (χ0v) is 7.44. The topological polar surface area (TPSA) is 32.3 Å². The van der Waals surface area contributed by atoms with Gasteiger partial charge in [0.05, 0.1) is 0 Å². The molecule has 13 heavy (non-hydrogen) atoms. The van der Waals surface area contributed by atoms with Gasteiger partial charge < -0.3 is 10.4 Å². The van der Waals surface area contributed by atoms with Crippen LogP contribution in [-0.2, 0) is 0 Å². The van der Waals surface area contributed by atoms with Crippen molar-refractivity contribution < 1.29 is 13.9 Å². The maximum absolute atomic E-state index is 13.1. The molecule has 1 aromatic rings. The molecule has 0 aliphatic heterocycles. The van der Waals surface area contributed by atoms with E-state index in [0.717, 1.165) is 6.07 Å². The van der Waals surface area contributed by atoms with Crippen molar-refractivity contribution in [2.75, 3.05) is 7.05 Å². The lowest BCUT2D eigenvalue weighted by atomic mass is 10.1. The first-order valence-electron chi connectivity index (χ1n) is 3.92. The van der Waals surface area contributed by atoms with Gasteiger partial charge in [0.15, 0.2) is 11.6 Å². The van der Waals surface area contributed by atoms with Gasteiger partial charge in [-0.3, -0.25) is 0 Å². The van der Waals surface area contributed by atoms with E-state index in [4.69, 9.17) is 5.11 Å². The highest BCUT2D eigenvalue weighted by Crippen LogP contribution is 2.24. The lowest BCUT2D eigenvalue weighted by Crippen LogP contribution is -2.14. The monoisotopic (exact) mass is 187 g/mol. The van der Waals surface area contributed by atoms with E-state index < -0.39 is 17.4 Å². The minimum Gasteiger partial charge on any atom is -0.505 e. The van der Waals surface area contributed by atoms with Crippen LogP contribution in [0.5, 0.6) is 5.75 Å². The van der Waals surface area contributed by atoms with Crippen molar-refractivity contribution in [1.29, 1.82) is 0 Å². The van der Waals surface area contributed by atoms with E-state index in [2.05, 4.69) is 5.32 Å². The lowest BCUT2D eigenvalue weighted by Gasteiger charge is -2.12. The van der Waals surface area contributed by atoms with E-state index >= 15 is 0 Å². The molecule has 0 radical (unpaired) electrons. The summed E-state index contributed by atoms with van der Waals surface area (Å²) < 4.78 is 26.0. The number of rotatable bonds is 2. The number of phenolic OH excluding ortho intramolecular Hbond substituents is 1. The van der Waals surface area contributed by atoms with Crippen LogP contribution in [0.25, 0.3) is 0 Å². The van der Waals surface area contributed by atoms with Gasteiger partial charge in [-0.05, 0) is 20.0 Å². The smallest absolute Gasteiger partial charge is 0.200 e. The van der Waals surface area contributed by atoms with E-state index in [1.807, 2.05) is 0 Å². The van der Waals surface area contributed by atoms with Gasteiger partial charge in [0.2, 0.25) is 5.82 Å². The highest BCUT2D eigenvalue weighted by molar-refractivity contribution is 5.31. The molecule has 1 rings (SSSR count). The third-order valence-electron chi connectivity index (χ3n) is 1.99. The quantitative estimate of drug-likeness (QED) is 0.741. The summed E-state index contributed by atoms with van der Waals surface area (Å²) in [6.45, 7) is 1.70. The van der Waals surface area contributed by atoms with Crippen LogP contribution < -0.4 is 5.32 Å². The minimum atomic E-state index is -1.19. The van der Waals surface area contributed by atoms with Crippen molar-refractivity contribution in [2.45, 2.75) is 13.0 Å². The molecule has 0 saturated carbocycles. The zero-order chi connectivity index (χ0) is 10.0. The molecule has 0 aliphatic carbocycles. The molecule has 1 unspecified atom stereocenters. The lowest BCUT2D eigenvalue weighted by molar-refractivity contribution is 0.400. The predicted molar refractivity (Wildman–Crippen MR) is 45.5 cm³/mol. The summed E-state index contributed by atoms with van der Waals surface area (Å²) in [4.78, 5) is 0. The largest absolute Gasteiger partial charge is 0.505 e. The fourth-order valence-electron chi connectivity index (χ4n) is 1.04. The minimum absolute atomic E-state index is 0.206. The van der Waals surface area contributed by atoms with Crippen LogP contribution in [-0.4, -0.2) is 12.2 Å². The normalized spacial score (nSPS) is 12.9. The molecule has 0 heterocycles. The zero-order valence-electron chi connectivity index (χ0n) is 7.44. The van der Waals surface area contributed by atoms with Crippen LogP contribution in [0, 0.1) is 11.6 Å². The van der Waals surface area contributed by atoms with E-state index in [1.165, 1.54) is 6.07 Å². The van der Waals surface area contributed by atoms with Gasteiger partial charge in [-0.2, -0.15) is 4.39 Å². The second-order valence-corrected chi connectivity index (χ2v) is 2.81. The Hall–Kier alpha value is -1.16. The molecular weight excluding hydrogens is 176 g/mol. The number of hydrogen-bond acceptors (Lipinski definition) is 2. The summed E-state index contributed by atoms with van der Waals surface area (Å²) in [5.74, 6) is -2.86. The van der Waals surface area contributed by atoms with Crippen LogP contribution in [0.3, 0.4) is 0 Å². The summed E-state index contributed by atoms with van der Waals surface area (Å²) >= 11 is 0. The number of benzene rings is 1. The highest BCUT2D eigenvalue weighted by Gasteiger charge is 2.15. The van der Waals surface area contributed by atoms with Crippen molar-refractivity contribution in [2.24, 2.45) is 0 Å². The standard InChI is InChI=1S/C9H11F2NO/c1-5(12-2)6-3-4-7(13)9(11)8(6)10/h3-5,12-13H,1-2H3. The number of nitrogens with one attached hydrogen (secondary N) is 1. The summed E-state index contributed by atoms with van der Waals surface area (Å²) in [5.41, 5.74) is 0.206. The van der Waals surface area contributed by atoms with Crippen molar-refractivity contribution in [1.82, 2.24) is 5.32 Å². The Labute approximate surface area is 75.2 Å². The van der Waals surface area contributed by atoms with Gasteiger partial charge in [0, 0.05) is 11.6 Å². The molecule has 0 amide bonds. The number of hydrogen-bond donors (Lipinski definition) is 2. The Morgan fingerprint density at radius 2 is 1.92 bits per heavy atom. The van der Waals surface area contributed by atoms with Crippen LogP contribution in [0.15, 0.2) is 12.1 Å². The first kappa shape index (κ1) is 9.92. The number of halogens is 2. The third kappa shape index (κ3) is 1.78. The SMILES string of the molecule is CNC(C)c1ccc(O)c(F)c1F. The number of aromatic hydroxyl groups is 1. The molecule has 0 bridgehead atoms. The fraction of sp³-hybridized carbons (Fsp3) is 0.333. The number of phenols is 1. The van der Waals surface area contributed by atoms with Gasteiger partial charge in [-0.15, -0.1) is 0 Å². The second kappa shape index (κ2) is 3.70. The van der Waals surface area contributed by atoms with Crippen molar-refractivity contribution >= 4 is 0 Å². The molecule has 0 aliphatic rings. The van der Waals surface area contributed by atoms with Gasteiger partial charge in [0.25, 0.3) is 0 Å². The summed E-state index contributed by atoms with van der Waals surface area (Å²) in [5, 5.41) is 11.6. The first-order chi connectivity index (χ1) is 6.07. The molecule has 2 N–H and O–H groups in total. The molecule has 0 spiro atoms.